The summed E-state index contributed by atoms with van der Waals surface area (Å²) in [5.41, 5.74) is 4.88. The highest BCUT2D eigenvalue weighted by molar-refractivity contribution is 5.84. The van der Waals surface area contributed by atoms with E-state index in [1.165, 1.54) is 0 Å². The van der Waals surface area contributed by atoms with E-state index in [4.69, 9.17) is 19.0 Å². The Morgan fingerprint density at radius 3 is 2.68 bits per heavy atom. The molecule has 3 heterocycles. The number of methoxy groups -OCH3 is 1. The third-order valence-electron chi connectivity index (χ3n) is 6.55. The van der Waals surface area contributed by atoms with Gasteiger partial charge in [-0.25, -0.2) is 4.98 Å². The first kappa shape index (κ1) is 20.2. The highest BCUT2D eigenvalue weighted by Gasteiger charge is 2.31. The zero-order chi connectivity index (χ0) is 21.5. The maximum Gasteiger partial charge on any atom is 0.246 e. The lowest BCUT2D eigenvalue weighted by molar-refractivity contribution is -0.131. The molecule has 8 heteroatoms. The van der Waals surface area contributed by atoms with Crippen LogP contribution < -0.4 is 5.32 Å². The predicted molar refractivity (Wildman–Crippen MR) is 115 cm³/mol. The fourth-order valence-corrected chi connectivity index (χ4v) is 5.02. The fourth-order valence-electron chi connectivity index (χ4n) is 5.02. The van der Waals surface area contributed by atoms with Crippen LogP contribution in [0.15, 0.2) is 22.7 Å². The highest BCUT2D eigenvalue weighted by atomic mass is 16.5. The zero-order valence-corrected chi connectivity index (χ0v) is 18.2. The number of imidazole rings is 1. The molecule has 164 valence electrons. The molecule has 1 amide bonds. The monoisotopic (exact) mass is 424 g/mol. The van der Waals surface area contributed by atoms with E-state index in [9.17, 15) is 4.79 Å². The number of aromatic nitrogens is 3. The third-order valence-corrected chi connectivity index (χ3v) is 6.55. The summed E-state index contributed by atoms with van der Waals surface area (Å²) in [4.78, 5) is 17.0. The molecule has 1 atom stereocenters. The van der Waals surface area contributed by atoms with E-state index in [0.717, 1.165) is 65.1 Å². The summed E-state index contributed by atoms with van der Waals surface area (Å²) >= 11 is 0. The second kappa shape index (κ2) is 8.09. The minimum absolute atomic E-state index is 0.102. The number of benzene rings is 1. The lowest BCUT2D eigenvalue weighted by atomic mass is 9.92. The SMILES string of the molecule is CO[C@H]1CC[C@H](n2c([C@@H]3COCC(=O)N3)nc3cc(-c4c(C)noc4C)ccc32)CC1. The van der Waals surface area contributed by atoms with Gasteiger partial charge in [0.25, 0.3) is 0 Å². The first-order chi connectivity index (χ1) is 15.0. The number of hydrogen-bond donors (Lipinski definition) is 1. The topological polar surface area (TPSA) is 91.4 Å². The Balaban J connectivity index is 1.60. The van der Waals surface area contributed by atoms with Crippen LogP contribution in [0.3, 0.4) is 0 Å². The van der Waals surface area contributed by atoms with Crippen molar-refractivity contribution in [1.29, 1.82) is 0 Å². The number of amides is 1. The van der Waals surface area contributed by atoms with Crippen LogP contribution in [-0.4, -0.2) is 47.0 Å². The van der Waals surface area contributed by atoms with Crippen molar-refractivity contribution in [2.24, 2.45) is 0 Å². The second-order valence-electron chi connectivity index (χ2n) is 8.54. The van der Waals surface area contributed by atoms with Crippen LogP contribution in [0.1, 0.15) is 55.0 Å². The van der Waals surface area contributed by atoms with Gasteiger partial charge in [0.15, 0.2) is 0 Å². The number of fused-ring (bicyclic) bond motifs is 1. The van der Waals surface area contributed by atoms with Gasteiger partial charge in [0.05, 0.1) is 29.4 Å². The van der Waals surface area contributed by atoms with Gasteiger partial charge in [0.2, 0.25) is 5.91 Å². The van der Waals surface area contributed by atoms with Crippen molar-refractivity contribution in [3.63, 3.8) is 0 Å². The van der Waals surface area contributed by atoms with Gasteiger partial charge < -0.3 is 23.9 Å². The Hall–Kier alpha value is -2.71. The van der Waals surface area contributed by atoms with E-state index >= 15 is 0 Å². The molecule has 5 rings (SSSR count). The van der Waals surface area contributed by atoms with Gasteiger partial charge in [0, 0.05) is 18.7 Å². The van der Waals surface area contributed by atoms with Crippen molar-refractivity contribution in [3.05, 3.63) is 35.5 Å². The quantitative estimate of drug-likeness (QED) is 0.688. The molecule has 1 saturated carbocycles. The minimum Gasteiger partial charge on any atom is -0.381 e. The molecular formula is C23H28N4O4. The average Bonchev–Trinajstić information content (AvgIpc) is 3.33. The lowest BCUT2D eigenvalue weighted by Crippen LogP contribution is -2.41. The van der Waals surface area contributed by atoms with Gasteiger partial charge in [-0.1, -0.05) is 11.2 Å². The second-order valence-corrected chi connectivity index (χ2v) is 8.54. The Bertz CT molecular complexity index is 1090. The van der Waals surface area contributed by atoms with Gasteiger partial charge in [-0.3, -0.25) is 4.79 Å². The summed E-state index contributed by atoms with van der Waals surface area (Å²) in [6, 6.07) is 6.38. The Labute approximate surface area is 180 Å². The predicted octanol–water partition coefficient (Wildman–Crippen LogP) is 3.63. The number of aryl methyl sites for hydroxylation is 2. The van der Waals surface area contributed by atoms with Crippen molar-refractivity contribution < 1.29 is 18.8 Å². The van der Waals surface area contributed by atoms with E-state index in [2.05, 4.69) is 33.2 Å². The molecule has 1 aromatic carbocycles. The molecule has 0 bridgehead atoms. The molecule has 2 aromatic heterocycles. The van der Waals surface area contributed by atoms with Crippen molar-refractivity contribution >= 4 is 16.9 Å². The van der Waals surface area contributed by atoms with Crippen LogP contribution in [-0.2, 0) is 14.3 Å². The van der Waals surface area contributed by atoms with Crippen LogP contribution in [0.25, 0.3) is 22.2 Å². The van der Waals surface area contributed by atoms with Crippen LogP contribution in [0, 0.1) is 13.8 Å². The van der Waals surface area contributed by atoms with Gasteiger partial charge in [-0.15, -0.1) is 0 Å². The molecule has 31 heavy (non-hydrogen) atoms. The Morgan fingerprint density at radius 2 is 2.00 bits per heavy atom. The van der Waals surface area contributed by atoms with Gasteiger partial charge in [0.1, 0.15) is 24.2 Å². The Morgan fingerprint density at radius 1 is 1.19 bits per heavy atom. The summed E-state index contributed by atoms with van der Waals surface area (Å²) in [5.74, 6) is 1.55. The normalized spacial score (nSPS) is 24.5. The largest absolute Gasteiger partial charge is 0.381 e. The van der Waals surface area contributed by atoms with E-state index in [-0.39, 0.29) is 18.6 Å². The summed E-state index contributed by atoms with van der Waals surface area (Å²) in [6.07, 6.45) is 4.39. The molecule has 1 aliphatic carbocycles. The van der Waals surface area contributed by atoms with E-state index in [0.29, 0.717) is 18.8 Å². The molecule has 2 fully saturated rings. The fraction of sp³-hybridized carbons (Fsp3) is 0.522. The zero-order valence-electron chi connectivity index (χ0n) is 18.2. The first-order valence-corrected chi connectivity index (χ1v) is 10.9. The number of carbonyl (C=O) groups is 1. The average molecular weight is 425 g/mol. The van der Waals surface area contributed by atoms with E-state index in [1.807, 2.05) is 13.8 Å². The van der Waals surface area contributed by atoms with E-state index in [1.54, 1.807) is 7.11 Å². The number of carbonyl (C=O) groups excluding carboxylic acids is 1. The van der Waals surface area contributed by atoms with Crippen molar-refractivity contribution in [1.82, 2.24) is 20.0 Å². The number of hydrogen-bond acceptors (Lipinski definition) is 6. The van der Waals surface area contributed by atoms with E-state index < -0.39 is 0 Å². The molecule has 1 aliphatic heterocycles. The molecule has 1 N–H and O–H groups in total. The summed E-state index contributed by atoms with van der Waals surface area (Å²) in [6.45, 7) is 4.40. The molecular weight excluding hydrogens is 396 g/mol. The molecule has 0 spiro atoms. The van der Waals surface area contributed by atoms with Crippen LogP contribution in [0.4, 0.5) is 0 Å². The Kier molecular flexibility index (Phi) is 5.27. The smallest absolute Gasteiger partial charge is 0.246 e. The minimum atomic E-state index is -0.253. The first-order valence-electron chi connectivity index (χ1n) is 10.9. The summed E-state index contributed by atoms with van der Waals surface area (Å²) in [5, 5.41) is 7.15. The number of nitrogens with zero attached hydrogens (tertiary/aromatic N) is 3. The number of morpholine rings is 1. The van der Waals surface area contributed by atoms with Crippen molar-refractivity contribution in [2.45, 2.75) is 57.7 Å². The van der Waals surface area contributed by atoms with Crippen LogP contribution >= 0.6 is 0 Å². The summed E-state index contributed by atoms with van der Waals surface area (Å²) < 4.78 is 18.8. The molecule has 1 saturated heterocycles. The molecule has 0 unspecified atom stereocenters. The maximum absolute atomic E-state index is 12.0. The van der Waals surface area contributed by atoms with Gasteiger partial charge >= 0.3 is 0 Å². The number of ether oxygens (including phenoxy) is 2. The van der Waals surface area contributed by atoms with Crippen LogP contribution in [0.2, 0.25) is 0 Å². The number of rotatable bonds is 4. The maximum atomic E-state index is 12.0. The molecule has 8 nitrogen and oxygen atoms in total. The molecule has 2 aliphatic rings. The lowest BCUT2D eigenvalue weighted by Gasteiger charge is -2.32. The highest BCUT2D eigenvalue weighted by Crippen LogP contribution is 2.37. The van der Waals surface area contributed by atoms with Crippen LogP contribution in [0.5, 0.6) is 0 Å². The molecule has 0 radical (unpaired) electrons. The van der Waals surface area contributed by atoms with Crippen molar-refractivity contribution in [2.75, 3.05) is 20.3 Å². The van der Waals surface area contributed by atoms with Crippen molar-refractivity contribution in [3.8, 4) is 11.1 Å². The number of nitrogens with one attached hydrogen (secondary N) is 1. The standard InChI is InChI=1S/C23H28N4O4/c1-13-22(14(2)31-26-13)15-4-9-20-18(10-15)25-23(19-11-30-12-21(28)24-19)27(20)16-5-7-17(29-3)8-6-16/h4,9-10,16-17,19H,5-8,11-12H2,1-3H3,(H,24,28)/t16-,17-,19-/m0/s1. The molecule has 3 aromatic rings. The van der Waals surface area contributed by atoms with Gasteiger partial charge in [-0.05, 0) is 57.2 Å². The third kappa shape index (κ3) is 3.64. The summed E-state index contributed by atoms with van der Waals surface area (Å²) in [7, 11) is 1.79. The van der Waals surface area contributed by atoms with Gasteiger partial charge in [-0.2, -0.15) is 0 Å².